The molecule has 0 bridgehead atoms. The molecule has 0 amide bonds. The largest absolute Gasteiger partial charge is 0.341 e. The first-order valence-electron chi connectivity index (χ1n) is 4.00. The van der Waals surface area contributed by atoms with Crippen molar-refractivity contribution in [3.05, 3.63) is 29.0 Å². The highest BCUT2D eigenvalue weighted by atomic mass is 32.1. The summed E-state index contributed by atoms with van der Waals surface area (Å²) in [6.07, 6.45) is 1.87. The Morgan fingerprint density at radius 1 is 1.62 bits per heavy atom. The van der Waals surface area contributed by atoms with E-state index in [0.29, 0.717) is 5.75 Å². The molecule has 4 heteroatoms. The normalized spacial score (nSPS) is 10.6. The van der Waals surface area contributed by atoms with Gasteiger partial charge in [0.05, 0.1) is 16.8 Å². The van der Waals surface area contributed by atoms with Crippen LogP contribution in [0.3, 0.4) is 0 Å². The standard InChI is InChI=1S/C9H10N2S2/c1-6-2-3-13-9(6)7-4-10-8(5-12)11-7/h2-4,12H,5H2,1H3,(H,10,11). The fourth-order valence-corrected chi connectivity index (χ4v) is 2.26. The molecule has 0 aliphatic carbocycles. The van der Waals surface area contributed by atoms with Crippen molar-refractivity contribution < 1.29 is 0 Å². The van der Waals surface area contributed by atoms with Crippen LogP contribution < -0.4 is 0 Å². The van der Waals surface area contributed by atoms with Crippen molar-refractivity contribution in [2.75, 3.05) is 0 Å². The van der Waals surface area contributed by atoms with E-state index in [2.05, 4.69) is 41.0 Å². The number of aromatic nitrogens is 2. The summed E-state index contributed by atoms with van der Waals surface area (Å²) in [7, 11) is 0. The second-order valence-corrected chi connectivity index (χ2v) is 4.07. The summed E-state index contributed by atoms with van der Waals surface area (Å²) in [6.45, 7) is 2.10. The summed E-state index contributed by atoms with van der Waals surface area (Å²) < 4.78 is 0. The zero-order valence-electron chi connectivity index (χ0n) is 7.24. The summed E-state index contributed by atoms with van der Waals surface area (Å²) in [5.74, 6) is 1.58. The molecule has 0 atom stereocenters. The number of rotatable bonds is 2. The lowest BCUT2D eigenvalue weighted by atomic mass is 10.2. The number of hydrogen-bond donors (Lipinski definition) is 2. The number of aryl methyl sites for hydroxylation is 1. The third kappa shape index (κ3) is 1.64. The Bertz CT molecular complexity index is 403. The van der Waals surface area contributed by atoms with E-state index < -0.39 is 0 Å². The van der Waals surface area contributed by atoms with E-state index in [1.54, 1.807) is 11.3 Å². The molecule has 68 valence electrons. The topological polar surface area (TPSA) is 28.7 Å². The molecule has 0 fully saturated rings. The quantitative estimate of drug-likeness (QED) is 0.733. The van der Waals surface area contributed by atoms with Gasteiger partial charge in [-0.15, -0.1) is 11.3 Å². The van der Waals surface area contributed by atoms with E-state index in [0.717, 1.165) is 11.5 Å². The van der Waals surface area contributed by atoms with Crippen molar-refractivity contribution in [2.45, 2.75) is 12.7 Å². The fourth-order valence-electron chi connectivity index (χ4n) is 1.21. The first kappa shape index (κ1) is 8.84. The average Bonchev–Trinajstić information content (AvgIpc) is 2.71. The molecule has 2 nitrogen and oxygen atoms in total. The molecule has 2 rings (SSSR count). The van der Waals surface area contributed by atoms with Crippen molar-refractivity contribution in [2.24, 2.45) is 0 Å². The molecule has 0 aromatic carbocycles. The van der Waals surface area contributed by atoms with E-state index >= 15 is 0 Å². The third-order valence-electron chi connectivity index (χ3n) is 1.88. The van der Waals surface area contributed by atoms with Crippen molar-refractivity contribution >= 4 is 24.0 Å². The highest BCUT2D eigenvalue weighted by molar-refractivity contribution is 7.79. The van der Waals surface area contributed by atoms with Crippen LogP contribution in [0.1, 0.15) is 11.4 Å². The molecular weight excluding hydrogens is 200 g/mol. The highest BCUT2D eigenvalue weighted by Crippen LogP contribution is 2.27. The highest BCUT2D eigenvalue weighted by Gasteiger charge is 2.05. The fraction of sp³-hybridized carbons (Fsp3) is 0.222. The molecule has 0 saturated carbocycles. The van der Waals surface area contributed by atoms with E-state index in [-0.39, 0.29) is 0 Å². The van der Waals surface area contributed by atoms with Crippen molar-refractivity contribution in [1.29, 1.82) is 0 Å². The molecule has 13 heavy (non-hydrogen) atoms. The lowest BCUT2D eigenvalue weighted by Crippen LogP contribution is -1.79. The average molecular weight is 210 g/mol. The number of aromatic amines is 1. The van der Waals surface area contributed by atoms with Crippen LogP contribution >= 0.6 is 24.0 Å². The summed E-state index contributed by atoms with van der Waals surface area (Å²) in [4.78, 5) is 8.70. The van der Waals surface area contributed by atoms with Crippen LogP contribution in [0.5, 0.6) is 0 Å². The number of H-pyrrole nitrogens is 1. The number of imidazole rings is 1. The Kier molecular flexibility index (Phi) is 2.42. The molecule has 0 radical (unpaired) electrons. The maximum Gasteiger partial charge on any atom is 0.116 e. The third-order valence-corrected chi connectivity index (χ3v) is 3.23. The van der Waals surface area contributed by atoms with Gasteiger partial charge in [-0.25, -0.2) is 4.98 Å². The molecule has 0 saturated heterocycles. The van der Waals surface area contributed by atoms with Gasteiger partial charge in [-0.1, -0.05) is 0 Å². The van der Waals surface area contributed by atoms with Crippen LogP contribution in [-0.4, -0.2) is 9.97 Å². The molecule has 2 aromatic heterocycles. The molecule has 0 aliphatic heterocycles. The lowest BCUT2D eigenvalue weighted by molar-refractivity contribution is 1.13. The maximum absolute atomic E-state index is 4.21. The molecule has 0 unspecified atom stereocenters. The first-order valence-corrected chi connectivity index (χ1v) is 5.51. The van der Waals surface area contributed by atoms with Crippen LogP contribution in [0.25, 0.3) is 10.6 Å². The predicted molar refractivity (Wildman–Crippen MR) is 59.3 cm³/mol. The van der Waals surface area contributed by atoms with Crippen molar-refractivity contribution in [3.8, 4) is 10.6 Å². The van der Waals surface area contributed by atoms with Gasteiger partial charge in [0.25, 0.3) is 0 Å². The van der Waals surface area contributed by atoms with Crippen LogP contribution in [-0.2, 0) is 5.75 Å². The number of nitrogens with one attached hydrogen (secondary N) is 1. The Hall–Kier alpha value is -0.740. The second kappa shape index (κ2) is 3.55. The minimum Gasteiger partial charge on any atom is -0.341 e. The van der Waals surface area contributed by atoms with Crippen molar-refractivity contribution in [3.63, 3.8) is 0 Å². The number of nitrogens with zero attached hydrogens (tertiary/aromatic N) is 1. The van der Waals surface area contributed by atoms with Crippen LogP contribution in [0, 0.1) is 6.92 Å². The predicted octanol–water partition coefficient (Wildman–Crippen LogP) is 2.88. The zero-order chi connectivity index (χ0) is 9.26. The molecule has 1 N–H and O–H groups in total. The first-order chi connectivity index (χ1) is 6.31. The molecule has 2 heterocycles. The van der Waals surface area contributed by atoms with Crippen molar-refractivity contribution in [1.82, 2.24) is 9.97 Å². The summed E-state index contributed by atoms with van der Waals surface area (Å²) in [5, 5.41) is 2.09. The number of thiol groups is 1. The van der Waals surface area contributed by atoms with Gasteiger partial charge in [0.15, 0.2) is 0 Å². The van der Waals surface area contributed by atoms with Gasteiger partial charge >= 0.3 is 0 Å². The zero-order valence-corrected chi connectivity index (χ0v) is 8.95. The number of thiophene rings is 1. The van der Waals surface area contributed by atoms with Crippen LogP contribution in [0.4, 0.5) is 0 Å². The molecular formula is C9H10N2S2. The van der Waals surface area contributed by atoms with Gasteiger partial charge in [-0.2, -0.15) is 12.6 Å². The summed E-state index contributed by atoms with van der Waals surface area (Å²) in [6, 6.07) is 2.11. The van der Waals surface area contributed by atoms with Crippen LogP contribution in [0.2, 0.25) is 0 Å². The minimum absolute atomic E-state index is 0.657. The van der Waals surface area contributed by atoms with Gasteiger partial charge in [0, 0.05) is 5.75 Å². The Morgan fingerprint density at radius 2 is 2.46 bits per heavy atom. The van der Waals surface area contributed by atoms with Gasteiger partial charge in [0.1, 0.15) is 5.82 Å². The SMILES string of the molecule is Cc1ccsc1-c1cnc(CS)[nH]1. The summed E-state index contributed by atoms with van der Waals surface area (Å²) in [5.41, 5.74) is 2.39. The molecule has 0 aliphatic rings. The second-order valence-electron chi connectivity index (χ2n) is 2.83. The van der Waals surface area contributed by atoms with E-state index in [4.69, 9.17) is 0 Å². The maximum atomic E-state index is 4.21. The Balaban J connectivity index is 2.41. The molecule has 2 aromatic rings. The van der Waals surface area contributed by atoms with Crippen LogP contribution in [0.15, 0.2) is 17.6 Å². The monoisotopic (exact) mass is 210 g/mol. The Morgan fingerprint density at radius 3 is 3.00 bits per heavy atom. The van der Waals surface area contributed by atoms with E-state index in [1.165, 1.54) is 10.4 Å². The molecule has 0 spiro atoms. The van der Waals surface area contributed by atoms with Gasteiger partial charge in [-0.3, -0.25) is 0 Å². The number of hydrogen-bond acceptors (Lipinski definition) is 3. The van der Waals surface area contributed by atoms with E-state index in [9.17, 15) is 0 Å². The van der Waals surface area contributed by atoms with E-state index in [1.807, 2.05) is 6.20 Å². The lowest BCUT2D eigenvalue weighted by Gasteiger charge is -1.93. The van der Waals surface area contributed by atoms with Gasteiger partial charge in [-0.05, 0) is 23.9 Å². The Labute approximate surface area is 86.4 Å². The van der Waals surface area contributed by atoms with Gasteiger partial charge < -0.3 is 4.98 Å². The minimum atomic E-state index is 0.657. The van der Waals surface area contributed by atoms with Gasteiger partial charge in [0.2, 0.25) is 0 Å². The smallest absolute Gasteiger partial charge is 0.116 e. The summed E-state index contributed by atoms with van der Waals surface area (Å²) >= 11 is 5.89.